The molecule has 36 heavy (non-hydrogen) atoms. The normalized spacial score (nSPS) is 11.2. The Morgan fingerprint density at radius 2 is 1.06 bits per heavy atom. The third kappa shape index (κ3) is 5.00. The van der Waals surface area contributed by atoms with Gasteiger partial charge in [0.15, 0.2) is 0 Å². The van der Waals surface area contributed by atoms with Gasteiger partial charge in [-0.1, -0.05) is 71.7 Å². The van der Waals surface area contributed by atoms with E-state index in [2.05, 4.69) is 10.6 Å². The van der Waals surface area contributed by atoms with Crippen LogP contribution in [-0.4, -0.2) is 11.8 Å². The summed E-state index contributed by atoms with van der Waals surface area (Å²) in [4.78, 5) is 26.5. The van der Waals surface area contributed by atoms with Crippen molar-refractivity contribution < 1.29 is 9.59 Å². The molecule has 182 valence electrons. The number of carbonyl (C=O) groups excluding carboxylic acids is 2. The van der Waals surface area contributed by atoms with Crippen LogP contribution in [0, 0.1) is 13.8 Å². The molecule has 0 unspecified atom stereocenters. The molecule has 0 bridgehead atoms. The zero-order valence-corrected chi connectivity index (χ0v) is 22.7. The van der Waals surface area contributed by atoms with Gasteiger partial charge < -0.3 is 10.6 Å². The Hall–Kier alpha value is -2.90. The van der Waals surface area contributed by atoms with Gasteiger partial charge >= 0.3 is 0 Å². The number of fused-ring (bicyclic) bond motifs is 2. The molecule has 0 aliphatic heterocycles. The van der Waals surface area contributed by atoms with E-state index in [9.17, 15) is 9.59 Å². The summed E-state index contributed by atoms with van der Waals surface area (Å²) in [6.45, 7) is 4.79. The minimum atomic E-state index is -0.189. The van der Waals surface area contributed by atoms with Crippen molar-refractivity contribution in [3.63, 3.8) is 0 Å². The summed E-state index contributed by atoms with van der Waals surface area (Å²) in [7, 11) is 0. The number of halogens is 2. The second-order valence-electron chi connectivity index (χ2n) is 8.67. The maximum absolute atomic E-state index is 12.7. The van der Waals surface area contributed by atoms with Crippen molar-refractivity contribution in [1.29, 1.82) is 0 Å². The number of hydrogen-bond acceptors (Lipinski definition) is 4. The highest BCUT2D eigenvalue weighted by molar-refractivity contribution is 7.22. The molecule has 2 amide bonds. The molecule has 0 radical (unpaired) electrons. The first-order valence-electron chi connectivity index (χ1n) is 11.3. The number of rotatable bonds is 6. The molecule has 3 aromatic carbocycles. The van der Waals surface area contributed by atoms with Crippen molar-refractivity contribution >= 4 is 77.9 Å². The van der Waals surface area contributed by atoms with Crippen LogP contribution in [0.1, 0.15) is 41.6 Å². The van der Waals surface area contributed by atoms with Gasteiger partial charge in [0.2, 0.25) is 0 Å². The minimum Gasteiger partial charge on any atom is -0.347 e. The van der Waals surface area contributed by atoms with Gasteiger partial charge in [0.1, 0.15) is 9.75 Å². The molecule has 5 aromatic rings. The molecule has 0 atom stereocenters. The summed E-state index contributed by atoms with van der Waals surface area (Å²) < 4.78 is 2.01. The Bertz CT molecular complexity index is 1500. The van der Waals surface area contributed by atoms with Crippen molar-refractivity contribution in [3.05, 3.63) is 103 Å². The predicted molar refractivity (Wildman–Crippen MR) is 152 cm³/mol. The average Bonchev–Trinajstić information content (AvgIpc) is 3.37. The largest absolute Gasteiger partial charge is 0.347 e. The SMILES string of the molecule is Cc1ccc2c(Cl)c(C(=O)NCc3ccc(CNC(=O)c4sc5cc(C)ccc5c4Cl)cc3)sc2c1. The van der Waals surface area contributed by atoms with E-state index >= 15 is 0 Å². The molecule has 2 aromatic heterocycles. The van der Waals surface area contributed by atoms with E-state index in [0.717, 1.165) is 42.4 Å². The van der Waals surface area contributed by atoms with E-state index in [1.165, 1.54) is 22.7 Å². The van der Waals surface area contributed by atoms with Gasteiger partial charge in [-0.2, -0.15) is 0 Å². The highest BCUT2D eigenvalue weighted by Crippen LogP contribution is 2.36. The van der Waals surface area contributed by atoms with Crippen LogP contribution in [0.2, 0.25) is 10.0 Å². The monoisotopic (exact) mass is 552 g/mol. The smallest absolute Gasteiger partial charge is 0.263 e. The maximum atomic E-state index is 12.7. The number of amides is 2. The number of thiophene rings is 2. The summed E-state index contributed by atoms with van der Waals surface area (Å²) in [6.07, 6.45) is 0. The molecule has 0 spiro atoms. The molecule has 0 aliphatic rings. The van der Waals surface area contributed by atoms with Crippen molar-refractivity contribution in [2.75, 3.05) is 0 Å². The average molecular weight is 554 g/mol. The van der Waals surface area contributed by atoms with E-state index in [-0.39, 0.29) is 11.8 Å². The molecule has 2 heterocycles. The van der Waals surface area contributed by atoms with E-state index in [1.54, 1.807) is 0 Å². The fourth-order valence-corrected chi connectivity index (χ4v) is 7.00. The summed E-state index contributed by atoms with van der Waals surface area (Å²) >= 11 is 15.7. The van der Waals surface area contributed by atoms with E-state index < -0.39 is 0 Å². The molecule has 8 heteroatoms. The van der Waals surface area contributed by atoms with Gasteiger partial charge in [0.05, 0.1) is 10.0 Å². The van der Waals surface area contributed by atoms with Crippen LogP contribution in [0.5, 0.6) is 0 Å². The lowest BCUT2D eigenvalue weighted by atomic mass is 10.1. The molecule has 4 nitrogen and oxygen atoms in total. The highest BCUT2D eigenvalue weighted by atomic mass is 35.5. The van der Waals surface area contributed by atoms with Crippen LogP contribution < -0.4 is 10.6 Å². The molecule has 0 saturated carbocycles. The quantitative estimate of drug-likeness (QED) is 0.225. The number of carbonyl (C=O) groups is 2. The van der Waals surface area contributed by atoms with Crippen LogP contribution >= 0.6 is 45.9 Å². The third-order valence-corrected chi connectivity index (χ3v) is 9.22. The lowest BCUT2D eigenvalue weighted by Gasteiger charge is -2.07. The Balaban J connectivity index is 1.19. The lowest BCUT2D eigenvalue weighted by molar-refractivity contribution is 0.0946. The molecule has 2 N–H and O–H groups in total. The number of hydrogen-bond donors (Lipinski definition) is 2. The van der Waals surface area contributed by atoms with E-state index in [4.69, 9.17) is 23.2 Å². The molecule has 5 rings (SSSR count). The van der Waals surface area contributed by atoms with Crippen LogP contribution in [0.25, 0.3) is 20.2 Å². The van der Waals surface area contributed by atoms with Crippen molar-refractivity contribution in [2.45, 2.75) is 26.9 Å². The zero-order valence-electron chi connectivity index (χ0n) is 19.6. The maximum Gasteiger partial charge on any atom is 0.263 e. The molecule has 0 aliphatic carbocycles. The van der Waals surface area contributed by atoms with E-state index in [1.807, 2.05) is 74.5 Å². The zero-order chi connectivity index (χ0) is 25.4. The van der Waals surface area contributed by atoms with Crippen LogP contribution in [0.15, 0.2) is 60.7 Å². The molecule has 0 saturated heterocycles. The van der Waals surface area contributed by atoms with Crippen molar-refractivity contribution in [1.82, 2.24) is 10.6 Å². The summed E-state index contributed by atoms with van der Waals surface area (Å²) in [5, 5.41) is 8.68. The molecular formula is C28H22Cl2N2O2S2. The fraction of sp³-hybridized carbons (Fsp3) is 0.143. The Kier molecular flexibility index (Phi) is 7.04. The van der Waals surface area contributed by atoms with Crippen LogP contribution in [0.3, 0.4) is 0 Å². The third-order valence-electron chi connectivity index (χ3n) is 5.91. The van der Waals surface area contributed by atoms with Crippen molar-refractivity contribution in [2.24, 2.45) is 0 Å². The first-order chi connectivity index (χ1) is 17.3. The Morgan fingerprint density at radius 1 is 0.667 bits per heavy atom. The highest BCUT2D eigenvalue weighted by Gasteiger charge is 2.18. The topological polar surface area (TPSA) is 58.2 Å². The van der Waals surface area contributed by atoms with Crippen molar-refractivity contribution in [3.8, 4) is 0 Å². The second kappa shape index (κ2) is 10.2. The van der Waals surface area contributed by atoms with E-state index in [0.29, 0.717) is 32.9 Å². The number of aryl methyl sites for hydroxylation is 2. The molecule has 0 fully saturated rings. The van der Waals surface area contributed by atoms with Gasteiger partial charge in [0.25, 0.3) is 11.8 Å². The minimum absolute atomic E-state index is 0.189. The first-order valence-corrected chi connectivity index (χ1v) is 13.7. The van der Waals surface area contributed by atoms with Gasteiger partial charge in [-0.25, -0.2) is 0 Å². The lowest BCUT2D eigenvalue weighted by Crippen LogP contribution is -2.23. The second-order valence-corrected chi connectivity index (χ2v) is 11.5. The summed E-state index contributed by atoms with van der Waals surface area (Å²) in [6, 6.07) is 19.7. The van der Waals surface area contributed by atoms with Gasteiger partial charge in [-0.15, -0.1) is 22.7 Å². The van der Waals surface area contributed by atoms with Gasteiger partial charge in [-0.05, 0) is 48.2 Å². The standard InChI is InChI=1S/C28H22Cl2N2O2S2/c1-15-3-9-19-21(11-15)35-25(23(19)29)27(33)31-13-17-5-7-18(8-6-17)14-32-28(34)26-24(30)20-10-4-16(2)12-22(20)36-26/h3-12H,13-14H2,1-2H3,(H,31,33)(H,32,34). The Labute approximate surface area is 226 Å². The fourth-order valence-electron chi connectivity index (χ4n) is 3.94. The number of nitrogens with one attached hydrogen (secondary N) is 2. The predicted octanol–water partition coefficient (Wildman–Crippen LogP) is 7.90. The summed E-state index contributed by atoms with van der Waals surface area (Å²) in [5.74, 6) is -0.379. The van der Waals surface area contributed by atoms with Crippen LogP contribution in [-0.2, 0) is 13.1 Å². The number of benzene rings is 3. The van der Waals surface area contributed by atoms with Gasteiger partial charge in [0, 0.05) is 33.3 Å². The first kappa shape index (κ1) is 24.8. The van der Waals surface area contributed by atoms with Gasteiger partial charge in [-0.3, -0.25) is 9.59 Å². The molecular weight excluding hydrogens is 531 g/mol. The summed E-state index contributed by atoms with van der Waals surface area (Å²) in [5.41, 5.74) is 4.17. The van der Waals surface area contributed by atoms with Crippen LogP contribution in [0.4, 0.5) is 0 Å². The Morgan fingerprint density at radius 3 is 1.44 bits per heavy atom.